The summed E-state index contributed by atoms with van der Waals surface area (Å²) in [5, 5.41) is 15.6. The summed E-state index contributed by atoms with van der Waals surface area (Å²) in [4.78, 5) is 22.9. The maximum absolute atomic E-state index is 12.1. The van der Waals surface area contributed by atoms with Crippen LogP contribution in [0.15, 0.2) is 40.9 Å². The van der Waals surface area contributed by atoms with Gasteiger partial charge in [0.15, 0.2) is 0 Å². The van der Waals surface area contributed by atoms with E-state index in [1.807, 2.05) is 30.3 Å². The van der Waals surface area contributed by atoms with Gasteiger partial charge in [-0.15, -0.1) is 0 Å². The first-order valence-electron chi connectivity index (χ1n) is 7.50. The van der Waals surface area contributed by atoms with E-state index in [9.17, 15) is 9.59 Å². The maximum Gasteiger partial charge on any atom is 0.303 e. The highest BCUT2D eigenvalue weighted by molar-refractivity contribution is 5.78. The molecule has 0 radical (unpaired) electrons. The lowest BCUT2D eigenvalue weighted by Crippen LogP contribution is -2.37. The number of aryl methyl sites for hydroxylation is 1. The molecule has 0 spiro atoms. The number of aromatic nitrogens is 1. The Morgan fingerprint density at radius 1 is 1.30 bits per heavy atom. The fourth-order valence-electron chi connectivity index (χ4n) is 2.37. The van der Waals surface area contributed by atoms with Gasteiger partial charge in [-0.05, 0) is 25.3 Å². The van der Waals surface area contributed by atoms with Crippen molar-refractivity contribution in [1.29, 1.82) is 0 Å². The van der Waals surface area contributed by atoms with E-state index in [4.69, 9.17) is 9.63 Å². The molecule has 1 atom stereocenters. The van der Waals surface area contributed by atoms with Crippen LogP contribution in [-0.4, -0.2) is 28.2 Å². The average Bonchev–Trinajstić information content (AvgIpc) is 2.90. The van der Waals surface area contributed by atoms with Gasteiger partial charge in [0.1, 0.15) is 5.76 Å². The largest absolute Gasteiger partial charge is 0.481 e. The van der Waals surface area contributed by atoms with Gasteiger partial charge < -0.3 is 14.9 Å². The zero-order valence-electron chi connectivity index (χ0n) is 13.0. The molecule has 0 saturated heterocycles. The molecule has 6 nitrogen and oxygen atoms in total. The first kappa shape index (κ1) is 16.7. The van der Waals surface area contributed by atoms with E-state index in [1.165, 1.54) is 0 Å². The first-order valence-corrected chi connectivity index (χ1v) is 7.50. The fraction of sp³-hybridized carbons (Fsp3) is 0.353. The average molecular weight is 316 g/mol. The normalized spacial score (nSPS) is 11.9. The summed E-state index contributed by atoms with van der Waals surface area (Å²) in [7, 11) is 0. The molecular formula is C17H20N2O4. The Bertz CT molecular complexity index is 652. The second kappa shape index (κ2) is 8.12. The molecule has 0 aliphatic carbocycles. The Balaban J connectivity index is 1.95. The number of nitrogens with zero attached hydrogens (tertiary/aromatic N) is 1. The number of rotatable bonds is 8. The quantitative estimate of drug-likeness (QED) is 0.778. The van der Waals surface area contributed by atoms with Crippen LogP contribution in [0.3, 0.4) is 0 Å². The third-order valence-electron chi connectivity index (χ3n) is 3.42. The number of benzene rings is 1. The molecular weight excluding hydrogens is 296 g/mol. The second-order valence-electron chi connectivity index (χ2n) is 5.49. The topological polar surface area (TPSA) is 92.4 Å². The Morgan fingerprint density at radius 2 is 2.04 bits per heavy atom. The van der Waals surface area contributed by atoms with Crippen LogP contribution >= 0.6 is 0 Å². The number of carboxylic acids is 1. The minimum atomic E-state index is -0.871. The van der Waals surface area contributed by atoms with Crippen LogP contribution in [0.1, 0.15) is 29.9 Å². The number of carbonyl (C=O) groups is 2. The van der Waals surface area contributed by atoms with Crippen molar-refractivity contribution in [2.45, 2.75) is 38.6 Å². The zero-order valence-corrected chi connectivity index (χ0v) is 13.0. The lowest BCUT2D eigenvalue weighted by atomic mass is 10.0. The van der Waals surface area contributed by atoms with Crippen molar-refractivity contribution in [2.75, 3.05) is 0 Å². The molecule has 1 aromatic carbocycles. The summed E-state index contributed by atoms with van der Waals surface area (Å²) < 4.78 is 4.94. The summed E-state index contributed by atoms with van der Waals surface area (Å²) in [5.41, 5.74) is 1.62. The molecule has 0 bridgehead atoms. The Morgan fingerprint density at radius 3 is 2.65 bits per heavy atom. The van der Waals surface area contributed by atoms with Crippen LogP contribution in [-0.2, 0) is 22.4 Å². The van der Waals surface area contributed by atoms with Crippen molar-refractivity contribution in [3.8, 4) is 0 Å². The van der Waals surface area contributed by atoms with Gasteiger partial charge in [0.05, 0.1) is 12.1 Å². The predicted octanol–water partition coefficient (Wildman–Crippen LogP) is 2.12. The summed E-state index contributed by atoms with van der Waals surface area (Å²) in [6, 6.07) is 11.2. The van der Waals surface area contributed by atoms with Gasteiger partial charge in [0.25, 0.3) is 0 Å². The van der Waals surface area contributed by atoms with Gasteiger partial charge in [-0.3, -0.25) is 9.59 Å². The third-order valence-corrected chi connectivity index (χ3v) is 3.42. The number of hydrogen-bond acceptors (Lipinski definition) is 4. The first-order chi connectivity index (χ1) is 11.0. The van der Waals surface area contributed by atoms with E-state index >= 15 is 0 Å². The molecule has 0 aliphatic rings. The molecule has 122 valence electrons. The predicted molar refractivity (Wildman–Crippen MR) is 83.9 cm³/mol. The van der Waals surface area contributed by atoms with Crippen LogP contribution in [0.4, 0.5) is 0 Å². The number of nitrogens with one attached hydrogen (secondary N) is 1. The summed E-state index contributed by atoms with van der Waals surface area (Å²) in [5.74, 6) is -0.409. The number of carboxylic acid groups (broad SMARTS) is 1. The number of carbonyl (C=O) groups excluding carboxylic acids is 1. The molecule has 0 saturated carbocycles. The van der Waals surface area contributed by atoms with Crippen molar-refractivity contribution in [2.24, 2.45) is 0 Å². The molecule has 0 aliphatic heterocycles. The van der Waals surface area contributed by atoms with Gasteiger partial charge in [0, 0.05) is 18.5 Å². The standard InChI is InChI=1S/C17H20N2O4/c1-12-9-15(19-23-12)11-16(20)18-14(7-8-17(21)22)10-13-5-3-2-4-6-13/h2-6,9,14H,7-8,10-11H2,1H3,(H,18,20)(H,21,22). The van der Waals surface area contributed by atoms with Crippen LogP contribution in [0.5, 0.6) is 0 Å². The van der Waals surface area contributed by atoms with Crippen molar-refractivity contribution >= 4 is 11.9 Å². The van der Waals surface area contributed by atoms with Gasteiger partial charge in [-0.1, -0.05) is 35.5 Å². The number of hydrogen-bond donors (Lipinski definition) is 2. The van der Waals surface area contributed by atoms with Gasteiger partial charge in [0.2, 0.25) is 5.91 Å². The molecule has 6 heteroatoms. The molecule has 1 amide bonds. The van der Waals surface area contributed by atoms with Crippen molar-refractivity contribution in [3.05, 3.63) is 53.4 Å². The third kappa shape index (κ3) is 5.94. The molecule has 1 heterocycles. The summed E-state index contributed by atoms with van der Waals surface area (Å²) >= 11 is 0. The van der Waals surface area contributed by atoms with E-state index in [0.29, 0.717) is 24.3 Å². The highest BCUT2D eigenvalue weighted by Crippen LogP contribution is 2.09. The summed E-state index contributed by atoms with van der Waals surface area (Å²) in [6.07, 6.45) is 1.11. The monoisotopic (exact) mass is 316 g/mol. The molecule has 2 N–H and O–H groups in total. The van der Waals surface area contributed by atoms with E-state index in [0.717, 1.165) is 5.56 Å². The Hall–Kier alpha value is -2.63. The minimum absolute atomic E-state index is 0.0147. The van der Waals surface area contributed by atoms with Crippen LogP contribution in [0.25, 0.3) is 0 Å². The van der Waals surface area contributed by atoms with Crippen LogP contribution in [0, 0.1) is 6.92 Å². The van der Waals surface area contributed by atoms with E-state index < -0.39 is 5.97 Å². The smallest absolute Gasteiger partial charge is 0.303 e. The Labute approximate surface area is 134 Å². The fourth-order valence-corrected chi connectivity index (χ4v) is 2.37. The van der Waals surface area contributed by atoms with Gasteiger partial charge >= 0.3 is 5.97 Å². The van der Waals surface area contributed by atoms with Crippen molar-refractivity contribution < 1.29 is 19.2 Å². The highest BCUT2D eigenvalue weighted by Gasteiger charge is 2.16. The molecule has 1 aromatic heterocycles. The maximum atomic E-state index is 12.1. The summed E-state index contributed by atoms with van der Waals surface area (Å²) in [6.45, 7) is 1.76. The van der Waals surface area contributed by atoms with E-state index in [-0.39, 0.29) is 24.8 Å². The zero-order chi connectivity index (χ0) is 16.7. The number of aliphatic carboxylic acids is 1. The van der Waals surface area contributed by atoms with Gasteiger partial charge in [-0.2, -0.15) is 0 Å². The minimum Gasteiger partial charge on any atom is -0.481 e. The lowest BCUT2D eigenvalue weighted by Gasteiger charge is -2.18. The second-order valence-corrected chi connectivity index (χ2v) is 5.49. The molecule has 1 unspecified atom stereocenters. The van der Waals surface area contributed by atoms with Crippen LogP contribution < -0.4 is 5.32 Å². The highest BCUT2D eigenvalue weighted by atomic mass is 16.5. The van der Waals surface area contributed by atoms with Crippen LogP contribution in [0.2, 0.25) is 0 Å². The SMILES string of the molecule is Cc1cc(CC(=O)NC(CCC(=O)O)Cc2ccccc2)no1. The molecule has 0 fully saturated rings. The van der Waals surface area contributed by atoms with E-state index in [1.54, 1.807) is 13.0 Å². The molecule has 23 heavy (non-hydrogen) atoms. The van der Waals surface area contributed by atoms with Gasteiger partial charge in [-0.25, -0.2) is 0 Å². The van der Waals surface area contributed by atoms with Crippen molar-refractivity contribution in [1.82, 2.24) is 10.5 Å². The van der Waals surface area contributed by atoms with E-state index in [2.05, 4.69) is 10.5 Å². The van der Waals surface area contributed by atoms with Crippen molar-refractivity contribution in [3.63, 3.8) is 0 Å². The Kier molecular flexibility index (Phi) is 5.91. The molecule has 2 rings (SSSR count). The molecule has 2 aromatic rings. The number of amides is 1. The lowest BCUT2D eigenvalue weighted by molar-refractivity contribution is -0.137.